The van der Waals surface area contributed by atoms with Crippen molar-refractivity contribution in [3.63, 3.8) is 0 Å². The third-order valence-corrected chi connectivity index (χ3v) is 3.89. The van der Waals surface area contributed by atoms with Gasteiger partial charge in [0.2, 0.25) is 10.0 Å². The molecular formula is C10H22ClNO3S. The number of methoxy groups -OCH3 is 1. The zero-order chi connectivity index (χ0) is 12.4. The van der Waals surface area contributed by atoms with Crippen LogP contribution in [-0.4, -0.2) is 40.3 Å². The lowest BCUT2D eigenvalue weighted by atomic mass is 10.0. The van der Waals surface area contributed by atoms with E-state index in [0.717, 1.165) is 19.3 Å². The molecule has 1 N–H and O–H groups in total. The smallest absolute Gasteiger partial charge is 0.213 e. The van der Waals surface area contributed by atoms with E-state index >= 15 is 0 Å². The fourth-order valence-electron chi connectivity index (χ4n) is 1.42. The highest BCUT2D eigenvalue weighted by Crippen LogP contribution is 2.11. The predicted octanol–water partition coefficient (Wildman–Crippen LogP) is 1.60. The number of ether oxygens (including phenoxy) is 1. The summed E-state index contributed by atoms with van der Waals surface area (Å²) in [5.41, 5.74) is 0. The minimum atomic E-state index is -3.19. The van der Waals surface area contributed by atoms with Crippen molar-refractivity contribution >= 4 is 21.6 Å². The van der Waals surface area contributed by atoms with Crippen molar-refractivity contribution in [2.75, 3.05) is 31.9 Å². The summed E-state index contributed by atoms with van der Waals surface area (Å²) in [5, 5.41) is 0. The Morgan fingerprint density at radius 2 is 2.06 bits per heavy atom. The van der Waals surface area contributed by atoms with E-state index in [2.05, 4.69) is 11.6 Å². The van der Waals surface area contributed by atoms with Gasteiger partial charge in [-0.25, -0.2) is 13.1 Å². The molecule has 0 aromatic carbocycles. The summed E-state index contributed by atoms with van der Waals surface area (Å²) in [6.45, 7) is 2.79. The molecule has 1 unspecified atom stereocenters. The highest BCUT2D eigenvalue weighted by molar-refractivity contribution is 7.89. The van der Waals surface area contributed by atoms with Crippen molar-refractivity contribution in [2.24, 2.45) is 5.92 Å². The first-order valence-corrected chi connectivity index (χ1v) is 7.76. The third-order valence-electron chi connectivity index (χ3n) is 2.36. The first-order valence-electron chi connectivity index (χ1n) is 5.58. The van der Waals surface area contributed by atoms with E-state index in [0.29, 0.717) is 18.3 Å². The predicted molar refractivity (Wildman–Crippen MR) is 67.4 cm³/mol. The van der Waals surface area contributed by atoms with Gasteiger partial charge < -0.3 is 4.74 Å². The molecule has 0 fully saturated rings. The Kier molecular flexibility index (Phi) is 9.31. The summed E-state index contributed by atoms with van der Waals surface area (Å²) < 4.78 is 30.3. The normalized spacial score (nSPS) is 13.9. The van der Waals surface area contributed by atoms with Crippen LogP contribution in [0.4, 0.5) is 0 Å². The van der Waals surface area contributed by atoms with Gasteiger partial charge in [-0.1, -0.05) is 13.3 Å². The van der Waals surface area contributed by atoms with Crippen molar-refractivity contribution in [2.45, 2.75) is 26.2 Å². The van der Waals surface area contributed by atoms with Crippen LogP contribution in [-0.2, 0) is 14.8 Å². The fourth-order valence-corrected chi connectivity index (χ4v) is 2.75. The average Bonchev–Trinajstić information content (AvgIpc) is 2.24. The monoisotopic (exact) mass is 271 g/mol. The number of nitrogens with one attached hydrogen (secondary N) is 1. The van der Waals surface area contributed by atoms with Gasteiger partial charge in [0.15, 0.2) is 0 Å². The first-order chi connectivity index (χ1) is 7.55. The van der Waals surface area contributed by atoms with Crippen LogP contribution in [0.1, 0.15) is 26.2 Å². The zero-order valence-electron chi connectivity index (χ0n) is 10.0. The maximum Gasteiger partial charge on any atom is 0.213 e. The lowest BCUT2D eigenvalue weighted by Gasteiger charge is -2.15. The van der Waals surface area contributed by atoms with Crippen molar-refractivity contribution in [3.05, 3.63) is 0 Å². The van der Waals surface area contributed by atoms with Crippen LogP contribution < -0.4 is 4.72 Å². The Balaban J connectivity index is 3.97. The van der Waals surface area contributed by atoms with Gasteiger partial charge in [0.1, 0.15) is 0 Å². The van der Waals surface area contributed by atoms with Gasteiger partial charge >= 0.3 is 0 Å². The van der Waals surface area contributed by atoms with Gasteiger partial charge in [0, 0.05) is 19.5 Å². The van der Waals surface area contributed by atoms with E-state index in [1.165, 1.54) is 7.11 Å². The maximum atomic E-state index is 11.5. The topological polar surface area (TPSA) is 55.4 Å². The molecule has 16 heavy (non-hydrogen) atoms. The van der Waals surface area contributed by atoms with Crippen LogP contribution >= 0.6 is 11.6 Å². The largest absolute Gasteiger partial charge is 0.384 e. The third kappa shape index (κ3) is 8.33. The van der Waals surface area contributed by atoms with Crippen molar-refractivity contribution in [1.29, 1.82) is 0 Å². The number of hydrogen-bond donors (Lipinski definition) is 1. The zero-order valence-corrected chi connectivity index (χ0v) is 11.6. The molecule has 0 saturated carbocycles. The molecule has 0 aromatic heterocycles. The summed E-state index contributed by atoms with van der Waals surface area (Å²) in [4.78, 5) is 0. The maximum absolute atomic E-state index is 11.5. The molecule has 0 aliphatic heterocycles. The summed E-state index contributed by atoms with van der Waals surface area (Å²) in [5.74, 6) is 0.924. The van der Waals surface area contributed by atoms with Crippen LogP contribution in [0.15, 0.2) is 0 Å². The minimum absolute atomic E-state index is 0.0171. The van der Waals surface area contributed by atoms with Crippen molar-refractivity contribution < 1.29 is 13.2 Å². The van der Waals surface area contributed by atoms with E-state index < -0.39 is 10.0 Å². The molecule has 0 amide bonds. The Morgan fingerprint density at radius 3 is 2.56 bits per heavy atom. The lowest BCUT2D eigenvalue weighted by Crippen LogP contribution is -2.32. The van der Waals surface area contributed by atoms with E-state index in [9.17, 15) is 8.42 Å². The minimum Gasteiger partial charge on any atom is -0.384 e. The Hall–Kier alpha value is 0.160. The Morgan fingerprint density at radius 1 is 1.38 bits per heavy atom. The molecule has 98 valence electrons. The summed E-state index contributed by atoms with van der Waals surface area (Å²) >= 11 is 5.67. The standard InChI is InChI=1S/C10H22ClNO3S/c1-3-4-10(5-6-11)9-12-16(13,14)8-7-15-2/h10,12H,3-9H2,1-2H3. The molecule has 0 aromatic rings. The van der Waals surface area contributed by atoms with E-state index in [1.807, 2.05) is 0 Å². The highest BCUT2D eigenvalue weighted by Gasteiger charge is 2.13. The van der Waals surface area contributed by atoms with Crippen LogP contribution in [0, 0.1) is 5.92 Å². The van der Waals surface area contributed by atoms with E-state index in [1.54, 1.807) is 0 Å². The van der Waals surface area contributed by atoms with E-state index in [4.69, 9.17) is 16.3 Å². The molecule has 0 radical (unpaired) electrons. The van der Waals surface area contributed by atoms with Crippen LogP contribution in [0.2, 0.25) is 0 Å². The average molecular weight is 272 g/mol. The first kappa shape index (κ1) is 16.2. The van der Waals surface area contributed by atoms with Gasteiger partial charge in [-0.3, -0.25) is 0 Å². The lowest BCUT2D eigenvalue weighted by molar-refractivity contribution is 0.217. The summed E-state index contributed by atoms with van der Waals surface area (Å²) in [6.07, 6.45) is 2.89. The van der Waals surface area contributed by atoms with Crippen LogP contribution in [0.5, 0.6) is 0 Å². The second-order valence-electron chi connectivity index (χ2n) is 3.79. The molecule has 0 aliphatic rings. The van der Waals surface area contributed by atoms with E-state index in [-0.39, 0.29) is 12.4 Å². The molecule has 0 bridgehead atoms. The number of sulfonamides is 1. The quantitative estimate of drug-likeness (QED) is 0.614. The number of rotatable bonds is 10. The van der Waals surface area contributed by atoms with Gasteiger partial charge in [-0.2, -0.15) is 0 Å². The molecule has 0 saturated heterocycles. The molecule has 0 rings (SSSR count). The Bertz CT molecular complexity index is 251. The van der Waals surface area contributed by atoms with Crippen molar-refractivity contribution in [1.82, 2.24) is 4.72 Å². The summed E-state index contributed by atoms with van der Waals surface area (Å²) in [6, 6.07) is 0. The van der Waals surface area contributed by atoms with Gasteiger partial charge in [-0.05, 0) is 18.8 Å². The van der Waals surface area contributed by atoms with Gasteiger partial charge in [-0.15, -0.1) is 11.6 Å². The second kappa shape index (κ2) is 9.22. The number of alkyl halides is 1. The number of hydrogen-bond acceptors (Lipinski definition) is 3. The molecule has 0 aliphatic carbocycles. The van der Waals surface area contributed by atoms with Crippen molar-refractivity contribution in [3.8, 4) is 0 Å². The molecule has 0 spiro atoms. The highest BCUT2D eigenvalue weighted by atomic mass is 35.5. The van der Waals surface area contributed by atoms with Crippen LogP contribution in [0.3, 0.4) is 0 Å². The summed E-state index contributed by atoms with van der Waals surface area (Å²) in [7, 11) is -1.70. The molecule has 0 heterocycles. The van der Waals surface area contributed by atoms with Gasteiger partial charge in [0.25, 0.3) is 0 Å². The van der Waals surface area contributed by atoms with Crippen LogP contribution in [0.25, 0.3) is 0 Å². The molecule has 4 nitrogen and oxygen atoms in total. The molecule has 1 atom stereocenters. The number of halogens is 1. The SMILES string of the molecule is CCCC(CCCl)CNS(=O)(=O)CCOC. The Labute approximate surface area is 104 Å². The molecular weight excluding hydrogens is 250 g/mol. The molecule has 6 heteroatoms. The van der Waals surface area contributed by atoms with Gasteiger partial charge in [0.05, 0.1) is 12.4 Å². The fraction of sp³-hybridized carbons (Fsp3) is 1.00. The second-order valence-corrected chi connectivity index (χ2v) is 6.10.